The third-order valence-corrected chi connectivity index (χ3v) is 3.16. The number of halogens is 1. The lowest BCUT2D eigenvalue weighted by Crippen LogP contribution is -2.00. The Bertz CT molecular complexity index is 372. The molecule has 0 spiro atoms. The van der Waals surface area contributed by atoms with E-state index in [1.807, 2.05) is 0 Å². The Kier molecular flexibility index (Phi) is 1.92. The van der Waals surface area contributed by atoms with Crippen LogP contribution in [0, 0.1) is 0 Å². The van der Waals surface area contributed by atoms with E-state index in [2.05, 4.69) is 20.9 Å². The molecule has 13 heavy (non-hydrogen) atoms. The largest absolute Gasteiger partial charge is 0.477 e. The van der Waals surface area contributed by atoms with E-state index in [1.165, 1.54) is 0 Å². The lowest BCUT2D eigenvalue weighted by Gasteiger charge is -1.98. The molecular weight excluding hydrogens is 238 g/mol. The molecule has 0 saturated heterocycles. The number of rotatable bonds is 1. The summed E-state index contributed by atoms with van der Waals surface area (Å²) in [5, 5.41) is 18.2. The van der Waals surface area contributed by atoms with Crippen LogP contribution in [-0.2, 0) is 6.42 Å². The van der Waals surface area contributed by atoms with Crippen molar-refractivity contribution in [2.45, 2.75) is 18.9 Å². The van der Waals surface area contributed by atoms with Crippen LogP contribution in [0.1, 0.15) is 34.3 Å². The Morgan fingerprint density at radius 1 is 1.62 bits per heavy atom. The van der Waals surface area contributed by atoms with Crippen LogP contribution in [0.25, 0.3) is 0 Å². The van der Waals surface area contributed by atoms with Gasteiger partial charge >= 0.3 is 5.97 Å². The van der Waals surface area contributed by atoms with Crippen molar-refractivity contribution in [3.8, 4) is 0 Å². The lowest BCUT2D eigenvalue weighted by atomic mass is 10.2. The van der Waals surface area contributed by atoms with Crippen LogP contribution in [-0.4, -0.2) is 21.2 Å². The average molecular weight is 246 g/mol. The fourth-order valence-corrected chi connectivity index (χ4v) is 2.32. The van der Waals surface area contributed by atoms with Crippen LogP contribution in [0.4, 0.5) is 0 Å². The Morgan fingerprint density at radius 3 is 2.85 bits per heavy atom. The third kappa shape index (κ3) is 1.19. The van der Waals surface area contributed by atoms with Crippen molar-refractivity contribution in [1.82, 2.24) is 4.98 Å². The monoisotopic (exact) mass is 245 g/mol. The van der Waals surface area contributed by atoms with Gasteiger partial charge in [0.25, 0.3) is 0 Å². The van der Waals surface area contributed by atoms with Crippen molar-refractivity contribution < 1.29 is 15.0 Å². The fourth-order valence-electron chi connectivity index (χ4n) is 1.64. The first-order valence-electron chi connectivity index (χ1n) is 3.93. The number of fused-ring (bicyclic) bond motifs is 1. The van der Waals surface area contributed by atoms with Gasteiger partial charge in [-0.1, -0.05) is 0 Å². The van der Waals surface area contributed by atoms with Gasteiger partial charge in [0, 0.05) is 5.69 Å². The summed E-state index contributed by atoms with van der Waals surface area (Å²) in [7, 11) is 0. The van der Waals surface area contributed by atoms with Crippen molar-refractivity contribution in [1.29, 1.82) is 0 Å². The van der Waals surface area contributed by atoms with Gasteiger partial charge in [0.15, 0.2) is 0 Å². The van der Waals surface area contributed by atoms with Crippen LogP contribution in [0.2, 0.25) is 0 Å². The van der Waals surface area contributed by atoms with Crippen LogP contribution in [0.3, 0.4) is 0 Å². The molecule has 70 valence electrons. The molecule has 0 fully saturated rings. The number of aromatic carboxylic acids is 1. The minimum absolute atomic E-state index is 0.128. The summed E-state index contributed by atoms with van der Waals surface area (Å²) in [6, 6.07) is 0. The number of hydrogen-bond acceptors (Lipinski definition) is 2. The topological polar surface area (TPSA) is 73.3 Å². The maximum absolute atomic E-state index is 10.7. The lowest BCUT2D eigenvalue weighted by molar-refractivity contribution is 0.0689. The molecule has 0 saturated carbocycles. The van der Waals surface area contributed by atoms with E-state index >= 15 is 0 Å². The predicted molar refractivity (Wildman–Crippen MR) is 48.7 cm³/mol. The molecule has 0 radical (unpaired) electrons. The zero-order valence-electron chi connectivity index (χ0n) is 6.67. The highest BCUT2D eigenvalue weighted by atomic mass is 79.9. The molecule has 3 N–H and O–H groups in total. The number of aliphatic hydroxyl groups excluding tert-OH is 1. The average Bonchev–Trinajstić information content (AvgIpc) is 2.55. The van der Waals surface area contributed by atoms with Crippen molar-refractivity contribution >= 4 is 21.9 Å². The van der Waals surface area contributed by atoms with Crippen LogP contribution in [0.15, 0.2) is 4.47 Å². The maximum atomic E-state index is 10.7. The van der Waals surface area contributed by atoms with Gasteiger partial charge < -0.3 is 15.2 Å². The van der Waals surface area contributed by atoms with Gasteiger partial charge in [-0.2, -0.15) is 0 Å². The number of hydrogen-bond donors (Lipinski definition) is 3. The second-order valence-corrected chi connectivity index (χ2v) is 3.86. The first kappa shape index (κ1) is 8.77. The van der Waals surface area contributed by atoms with Gasteiger partial charge in [-0.25, -0.2) is 4.79 Å². The van der Waals surface area contributed by atoms with Crippen molar-refractivity contribution in [3.63, 3.8) is 0 Å². The Labute approximate surface area is 82.7 Å². The smallest absolute Gasteiger partial charge is 0.353 e. The molecule has 2 rings (SSSR count). The zero-order valence-corrected chi connectivity index (χ0v) is 8.26. The molecule has 4 nitrogen and oxygen atoms in total. The number of aromatic nitrogens is 1. The number of carbonyl (C=O) groups is 1. The molecule has 1 heterocycles. The highest BCUT2D eigenvalue weighted by molar-refractivity contribution is 9.10. The Hall–Kier alpha value is -0.810. The molecule has 0 amide bonds. The van der Waals surface area contributed by atoms with Crippen molar-refractivity contribution in [3.05, 3.63) is 21.4 Å². The summed E-state index contributed by atoms with van der Waals surface area (Å²) in [5.74, 6) is -1.01. The van der Waals surface area contributed by atoms with Crippen LogP contribution in [0.5, 0.6) is 0 Å². The second kappa shape index (κ2) is 2.85. The van der Waals surface area contributed by atoms with Gasteiger partial charge in [0.2, 0.25) is 0 Å². The molecule has 1 aromatic heterocycles. The van der Waals surface area contributed by atoms with E-state index in [9.17, 15) is 9.90 Å². The normalized spacial score (nSPS) is 20.3. The summed E-state index contributed by atoms with van der Waals surface area (Å²) >= 11 is 3.21. The Balaban J connectivity index is 2.55. The minimum atomic E-state index is -1.01. The fraction of sp³-hybridized carbons (Fsp3) is 0.375. The molecule has 1 aliphatic carbocycles. The molecule has 0 aromatic carbocycles. The highest BCUT2D eigenvalue weighted by Crippen LogP contribution is 2.37. The van der Waals surface area contributed by atoms with Gasteiger partial charge in [-0.15, -0.1) is 0 Å². The number of nitrogens with one attached hydrogen (secondary N) is 1. The van der Waals surface area contributed by atoms with Crippen LogP contribution < -0.4 is 0 Å². The molecule has 1 unspecified atom stereocenters. The van der Waals surface area contributed by atoms with E-state index in [4.69, 9.17) is 5.11 Å². The molecule has 5 heteroatoms. The first-order chi connectivity index (χ1) is 6.11. The molecule has 1 atom stereocenters. The molecule has 1 aliphatic rings. The van der Waals surface area contributed by atoms with E-state index in [-0.39, 0.29) is 5.69 Å². The number of aliphatic hydroxyl groups is 1. The van der Waals surface area contributed by atoms with Crippen LogP contribution >= 0.6 is 15.9 Å². The quantitative estimate of drug-likeness (QED) is 0.702. The SMILES string of the molecule is O=C(O)c1[nH]c2c(c1Br)CCC2O. The standard InChI is InChI=1S/C8H8BrNO3/c9-5-3-1-2-4(11)6(3)10-7(5)8(12)13/h4,10-11H,1-2H2,(H,12,13). The molecule has 0 bridgehead atoms. The summed E-state index contributed by atoms with van der Waals surface area (Å²) in [6.45, 7) is 0. The molecule has 0 aliphatic heterocycles. The maximum Gasteiger partial charge on any atom is 0.353 e. The van der Waals surface area contributed by atoms with Gasteiger partial charge in [0.1, 0.15) is 5.69 Å². The highest BCUT2D eigenvalue weighted by Gasteiger charge is 2.28. The van der Waals surface area contributed by atoms with Gasteiger partial charge in [-0.05, 0) is 34.3 Å². The molecule has 1 aromatic rings. The van der Waals surface area contributed by atoms with E-state index in [0.29, 0.717) is 16.6 Å². The Morgan fingerprint density at radius 2 is 2.31 bits per heavy atom. The summed E-state index contributed by atoms with van der Waals surface area (Å²) in [5.41, 5.74) is 1.66. The number of carboxylic acid groups (broad SMARTS) is 1. The van der Waals surface area contributed by atoms with E-state index < -0.39 is 12.1 Å². The number of carboxylic acids is 1. The first-order valence-corrected chi connectivity index (χ1v) is 4.72. The summed E-state index contributed by atoms with van der Waals surface area (Å²) in [6.07, 6.45) is 0.847. The summed E-state index contributed by atoms with van der Waals surface area (Å²) in [4.78, 5) is 13.4. The van der Waals surface area contributed by atoms with Crippen molar-refractivity contribution in [2.75, 3.05) is 0 Å². The molecular formula is C8H8BrNO3. The third-order valence-electron chi connectivity index (χ3n) is 2.28. The second-order valence-electron chi connectivity index (χ2n) is 3.07. The zero-order chi connectivity index (χ0) is 9.59. The van der Waals surface area contributed by atoms with Gasteiger partial charge in [-0.3, -0.25) is 0 Å². The van der Waals surface area contributed by atoms with Crippen molar-refractivity contribution in [2.24, 2.45) is 0 Å². The van der Waals surface area contributed by atoms with E-state index in [1.54, 1.807) is 0 Å². The number of H-pyrrole nitrogens is 1. The number of aromatic amines is 1. The predicted octanol–water partition coefficient (Wildman–Crippen LogP) is 1.45. The summed E-state index contributed by atoms with van der Waals surface area (Å²) < 4.78 is 0.576. The van der Waals surface area contributed by atoms with E-state index in [0.717, 1.165) is 12.0 Å². The minimum Gasteiger partial charge on any atom is -0.477 e. The van der Waals surface area contributed by atoms with Gasteiger partial charge in [0.05, 0.1) is 10.6 Å².